The minimum absolute atomic E-state index is 0.00214. The van der Waals surface area contributed by atoms with Gasteiger partial charge in [-0.25, -0.2) is 0 Å². The van der Waals surface area contributed by atoms with Gasteiger partial charge in [0, 0.05) is 12.5 Å². The molecule has 1 N–H and O–H groups in total. The predicted molar refractivity (Wildman–Crippen MR) is 68.7 cm³/mol. The summed E-state index contributed by atoms with van der Waals surface area (Å²) in [7, 11) is 3.93. The molecule has 1 saturated heterocycles. The standard InChI is InChI=1S/C13H16N4O/c1-16(2)12-7-13(18)15-17(9-12)11-5-3-4-10(6-11)8-14/h3-6,12H,7,9H2,1-2H3,(H,15,18). The van der Waals surface area contributed by atoms with Crippen molar-refractivity contribution in [1.29, 1.82) is 5.26 Å². The normalized spacial score (nSPS) is 19.6. The molecule has 1 amide bonds. The van der Waals surface area contributed by atoms with Crippen LogP contribution in [-0.4, -0.2) is 37.5 Å². The van der Waals surface area contributed by atoms with Crippen molar-refractivity contribution < 1.29 is 4.79 Å². The minimum Gasteiger partial charge on any atom is -0.304 e. The Morgan fingerprint density at radius 3 is 2.94 bits per heavy atom. The molecule has 1 aliphatic rings. The van der Waals surface area contributed by atoms with Crippen LogP contribution in [0.3, 0.4) is 0 Å². The van der Waals surface area contributed by atoms with Crippen molar-refractivity contribution in [1.82, 2.24) is 10.3 Å². The van der Waals surface area contributed by atoms with Gasteiger partial charge < -0.3 is 4.90 Å². The number of benzene rings is 1. The van der Waals surface area contributed by atoms with Crippen LogP contribution in [0.15, 0.2) is 24.3 Å². The number of hydrogen-bond acceptors (Lipinski definition) is 4. The Morgan fingerprint density at radius 1 is 1.50 bits per heavy atom. The van der Waals surface area contributed by atoms with Crippen molar-refractivity contribution in [2.45, 2.75) is 12.5 Å². The average Bonchev–Trinajstić information content (AvgIpc) is 2.38. The fraction of sp³-hybridized carbons (Fsp3) is 0.385. The molecule has 2 rings (SSSR count). The molecule has 1 fully saturated rings. The first-order chi connectivity index (χ1) is 8.60. The van der Waals surface area contributed by atoms with E-state index in [1.807, 2.05) is 31.1 Å². The van der Waals surface area contributed by atoms with E-state index in [1.54, 1.807) is 17.1 Å². The summed E-state index contributed by atoms with van der Waals surface area (Å²) in [5.74, 6) is 0.00214. The summed E-state index contributed by atoms with van der Waals surface area (Å²) in [5.41, 5.74) is 4.26. The molecule has 1 aromatic carbocycles. The summed E-state index contributed by atoms with van der Waals surface area (Å²) in [4.78, 5) is 13.7. The highest BCUT2D eigenvalue weighted by Gasteiger charge is 2.26. The Bertz CT molecular complexity index is 492. The molecule has 1 unspecified atom stereocenters. The van der Waals surface area contributed by atoms with Crippen molar-refractivity contribution >= 4 is 11.6 Å². The monoisotopic (exact) mass is 244 g/mol. The van der Waals surface area contributed by atoms with Crippen LogP contribution in [0.5, 0.6) is 0 Å². The summed E-state index contributed by atoms with van der Waals surface area (Å²) in [6, 6.07) is 9.52. The Balaban J connectivity index is 2.21. The van der Waals surface area contributed by atoms with Gasteiger partial charge in [0.15, 0.2) is 0 Å². The Kier molecular flexibility index (Phi) is 3.49. The Hall–Kier alpha value is -2.06. The van der Waals surface area contributed by atoms with Crippen LogP contribution in [0.4, 0.5) is 5.69 Å². The maximum absolute atomic E-state index is 11.7. The molecule has 0 radical (unpaired) electrons. The number of hydrazine groups is 1. The molecule has 5 nitrogen and oxygen atoms in total. The van der Waals surface area contributed by atoms with E-state index in [-0.39, 0.29) is 11.9 Å². The molecule has 18 heavy (non-hydrogen) atoms. The first kappa shape index (κ1) is 12.4. The second kappa shape index (κ2) is 5.07. The van der Waals surface area contributed by atoms with Gasteiger partial charge in [-0.1, -0.05) is 6.07 Å². The highest BCUT2D eigenvalue weighted by atomic mass is 16.2. The lowest BCUT2D eigenvalue weighted by atomic mass is 10.1. The van der Waals surface area contributed by atoms with Gasteiger partial charge in [0.1, 0.15) is 0 Å². The molecule has 5 heteroatoms. The summed E-state index contributed by atoms with van der Waals surface area (Å²) >= 11 is 0. The lowest BCUT2D eigenvalue weighted by Crippen LogP contribution is -2.56. The van der Waals surface area contributed by atoms with Crippen LogP contribution in [0.25, 0.3) is 0 Å². The number of nitriles is 1. The van der Waals surface area contributed by atoms with Gasteiger partial charge in [-0.15, -0.1) is 0 Å². The topological polar surface area (TPSA) is 59.4 Å². The number of likely N-dealkylation sites (N-methyl/N-ethyl adjacent to an activating group) is 1. The maximum Gasteiger partial charge on any atom is 0.240 e. The Morgan fingerprint density at radius 2 is 2.28 bits per heavy atom. The van der Waals surface area contributed by atoms with Crippen LogP contribution in [0.2, 0.25) is 0 Å². The van der Waals surface area contributed by atoms with Crippen LogP contribution in [0.1, 0.15) is 12.0 Å². The third-order valence-corrected chi connectivity index (χ3v) is 3.09. The molecule has 0 aromatic heterocycles. The molecular formula is C13H16N4O. The summed E-state index contributed by atoms with van der Waals surface area (Å²) in [5, 5.41) is 10.7. The summed E-state index contributed by atoms with van der Waals surface area (Å²) in [6.07, 6.45) is 0.501. The summed E-state index contributed by atoms with van der Waals surface area (Å²) in [6.45, 7) is 0.716. The molecule has 1 aliphatic heterocycles. The average molecular weight is 244 g/mol. The molecule has 1 heterocycles. The second-order valence-electron chi connectivity index (χ2n) is 4.63. The molecule has 1 atom stereocenters. The van der Waals surface area contributed by atoms with Gasteiger partial charge in [0.25, 0.3) is 0 Å². The molecule has 1 aromatic rings. The molecule has 0 saturated carbocycles. The predicted octanol–water partition coefficient (Wildman–Crippen LogP) is 0.730. The van der Waals surface area contributed by atoms with E-state index in [1.165, 1.54) is 0 Å². The Labute approximate surface area is 107 Å². The van der Waals surface area contributed by atoms with E-state index < -0.39 is 0 Å². The maximum atomic E-state index is 11.7. The highest BCUT2D eigenvalue weighted by molar-refractivity contribution is 5.80. The fourth-order valence-electron chi connectivity index (χ4n) is 1.99. The van der Waals surface area contributed by atoms with Crippen molar-refractivity contribution in [3.63, 3.8) is 0 Å². The largest absolute Gasteiger partial charge is 0.304 e. The van der Waals surface area contributed by atoms with E-state index in [4.69, 9.17) is 5.26 Å². The van der Waals surface area contributed by atoms with Crippen LogP contribution in [0, 0.1) is 11.3 Å². The quantitative estimate of drug-likeness (QED) is 0.833. The van der Waals surface area contributed by atoms with Gasteiger partial charge >= 0.3 is 0 Å². The third kappa shape index (κ3) is 2.60. The van der Waals surface area contributed by atoms with Crippen LogP contribution >= 0.6 is 0 Å². The van der Waals surface area contributed by atoms with E-state index in [9.17, 15) is 4.79 Å². The van der Waals surface area contributed by atoms with Crippen LogP contribution in [-0.2, 0) is 4.79 Å². The number of anilines is 1. The number of rotatable bonds is 2. The van der Waals surface area contributed by atoms with Gasteiger partial charge in [-0.05, 0) is 32.3 Å². The number of nitrogens with one attached hydrogen (secondary N) is 1. The first-order valence-corrected chi connectivity index (χ1v) is 5.84. The van der Waals surface area contributed by atoms with Gasteiger partial charge in [-0.3, -0.25) is 15.2 Å². The van der Waals surface area contributed by atoms with Crippen LogP contribution < -0.4 is 10.4 Å². The van der Waals surface area contributed by atoms with Gasteiger partial charge in [0.05, 0.1) is 23.9 Å². The fourth-order valence-corrected chi connectivity index (χ4v) is 1.99. The number of amides is 1. The molecule has 94 valence electrons. The van der Waals surface area contributed by atoms with E-state index in [0.29, 0.717) is 18.5 Å². The molecule has 0 spiro atoms. The third-order valence-electron chi connectivity index (χ3n) is 3.09. The SMILES string of the molecule is CN(C)C1CC(=O)NN(c2cccc(C#N)c2)C1. The van der Waals surface area contributed by atoms with E-state index in [2.05, 4.69) is 11.5 Å². The smallest absolute Gasteiger partial charge is 0.240 e. The number of carbonyl (C=O) groups excluding carboxylic acids is 1. The van der Waals surface area contributed by atoms with Crippen molar-refractivity contribution in [2.24, 2.45) is 0 Å². The van der Waals surface area contributed by atoms with Gasteiger partial charge in [0.2, 0.25) is 5.91 Å². The van der Waals surface area contributed by atoms with Crippen molar-refractivity contribution in [2.75, 3.05) is 25.6 Å². The highest BCUT2D eigenvalue weighted by Crippen LogP contribution is 2.18. The second-order valence-corrected chi connectivity index (χ2v) is 4.63. The number of nitrogens with zero attached hydrogens (tertiary/aromatic N) is 3. The first-order valence-electron chi connectivity index (χ1n) is 5.84. The molecule has 0 aliphatic carbocycles. The molecular weight excluding hydrogens is 228 g/mol. The van der Waals surface area contributed by atoms with E-state index in [0.717, 1.165) is 5.69 Å². The summed E-state index contributed by atoms with van der Waals surface area (Å²) < 4.78 is 0. The molecule has 0 bridgehead atoms. The lowest BCUT2D eigenvalue weighted by molar-refractivity contribution is -0.123. The minimum atomic E-state index is 0.00214. The zero-order chi connectivity index (χ0) is 13.1. The lowest BCUT2D eigenvalue weighted by Gasteiger charge is -2.37. The van der Waals surface area contributed by atoms with Crippen molar-refractivity contribution in [3.8, 4) is 6.07 Å². The zero-order valence-electron chi connectivity index (χ0n) is 10.6. The van der Waals surface area contributed by atoms with Crippen molar-refractivity contribution in [3.05, 3.63) is 29.8 Å². The zero-order valence-corrected chi connectivity index (χ0v) is 10.6. The number of carbonyl (C=O) groups is 1. The number of hydrogen-bond donors (Lipinski definition) is 1. The van der Waals surface area contributed by atoms with Gasteiger partial charge in [-0.2, -0.15) is 5.26 Å². The van der Waals surface area contributed by atoms with E-state index >= 15 is 0 Å².